The Bertz CT molecular complexity index is 787. The van der Waals surface area contributed by atoms with E-state index in [2.05, 4.69) is 66.8 Å². The summed E-state index contributed by atoms with van der Waals surface area (Å²) in [4.78, 5) is 11.8. The molecule has 0 aliphatic rings. The number of unbranched alkanes of at least 4 members (excludes halogenated alkanes) is 1. The van der Waals surface area contributed by atoms with E-state index in [1.165, 1.54) is 27.1 Å². The smallest absolute Gasteiger partial charge is 0.319 e. The van der Waals surface area contributed by atoms with Crippen LogP contribution in [0.3, 0.4) is 0 Å². The van der Waals surface area contributed by atoms with Gasteiger partial charge in [0.1, 0.15) is 0 Å². The van der Waals surface area contributed by atoms with E-state index in [0.29, 0.717) is 13.2 Å². The van der Waals surface area contributed by atoms with Crippen LogP contribution in [0.25, 0.3) is 21.5 Å². The number of nitrogens with one attached hydrogen (secondary N) is 1. The normalized spacial score (nSPS) is 11.0. The molecule has 1 N–H and O–H groups in total. The topological polar surface area (TPSA) is 38.3 Å². The minimum Gasteiger partial charge on any atom is -0.465 e. The summed E-state index contributed by atoms with van der Waals surface area (Å²) in [6, 6.07) is 19.0. The van der Waals surface area contributed by atoms with Gasteiger partial charge in [0.05, 0.1) is 13.2 Å². The van der Waals surface area contributed by atoms with E-state index in [-0.39, 0.29) is 12.5 Å². The van der Waals surface area contributed by atoms with E-state index < -0.39 is 0 Å². The molecule has 3 rings (SSSR count). The van der Waals surface area contributed by atoms with E-state index in [1.54, 1.807) is 0 Å². The molecule has 0 saturated heterocycles. The molecule has 0 bridgehead atoms. The molecule has 0 radical (unpaired) electrons. The Morgan fingerprint density at radius 2 is 1.62 bits per heavy atom. The fraction of sp³-hybridized carbons (Fsp3) is 0.286. The maximum absolute atomic E-state index is 11.8. The summed E-state index contributed by atoms with van der Waals surface area (Å²) in [5, 5.41) is 8.13. The largest absolute Gasteiger partial charge is 0.465 e. The van der Waals surface area contributed by atoms with Gasteiger partial charge in [-0.05, 0) is 39.6 Å². The molecule has 0 heterocycles. The van der Waals surface area contributed by atoms with Crippen molar-refractivity contribution in [3.63, 3.8) is 0 Å². The predicted molar refractivity (Wildman–Crippen MR) is 99.0 cm³/mol. The number of hydrogen-bond donors (Lipinski definition) is 1. The first-order valence-corrected chi connectivity index (χ1v) is 8.55. The van der Waals surface area contributed by atoms with Crippen LogP contribution in [-0.2, 0) is 16.1 Å². The van der Waals surface area contributed by atoms with Gasteiger partial charge in [-0.2, -0.15) is 0 Å². The van der Waals surface area contributed by atoms with Crippen LogP contribution in [0.5, 0.6) is 0 Å². The zero-order chi connectivity index (χ0) is 16.8. The molecular weight excluding hydrogens is 298 g/mol. The van der Waals surface area contributed by atoms with Gasteiger partial charge in [-0.1, -0.05) is 61.9 Å². The number of esters is 1. The molecule has 124 valence electrons. The van der Waals surface area contributed by atoms with Crippen molar-refractivity contribution < 1.29 is 9.53 Å². The Kier molecular flexibility index (Phi) is 5.44. The molecule has 24 heavy (non-hydrogen) atoms. The highest BCUT2D eigenvalue weighted by atomic mass is 16.5. The van der Waals surface area contributed by atoms with Gasteiger partial charge in [0.25, 0.3) is 0 Å². The molecule has 3 aromatic carbocycles. The lowest BCUT2D eigenvalue weighted by Crippen LogP contribution is -2.24. The van der Waals surface area contributed by atoms with Crippen molar-refractivity contribution >= 4 is 27.5 Å². The number of carbonyl (C=O) groups excluding carboxylic acids is 1. The second-order valence-corrected chi connectivity index (χ2v) is 5.97. The van der Waals surface area contributed by atoms with Gasteiger partial charge in [-0.3, -0.25) is 4.79 Å². The summed E-state index contributed by atoms with van der Waals surface area (Å²) in [6.07, 6.45) is 1.95. The SMILES string of the molecule is CCCCOC(=O)CNCc1c2ccccc2cc2ccccc12. The monoisotopic (exact) mass is 321 g/mol. The lowest BCUT2D eigenvalue weighted by molar-refractivity contribution is -0.142. The Morgan fingerprint density at radius 3 is 2.25 bits per heavy atom. The summed E-state index contributed by atoms with van der Waals surface area (Å²) in [5.74, 6) is -0.187. The van der Waals surface area contributed by atoms with Crippen molar-refractivity contribution in [3.8, 4) is 0 Å². The third-order valence-electron chi connectivity index (χ3n) is 4.21. The van der Waals surface area contributed by atoms with Crippen molar-refractivity contribution in [3.05, 3.63) is 60.2 Å². The summed E-state index contributed by atoms with van der Waals surface area (Å²) < 4.78 is 5.19. The van der Waals surface area contributed by atoms with Crippen LogP contribution in [0.4, 0.5) is 0 Å². The minimum absolute atomic E-state index is 0.187. The highest BCUT2D eigenvalue weighted by molar-refractivity contribution is 6.02. The van der Waals surface area contributed by atoms with E-state index in [1.807, 2.05) is 0 Å². The Hall–Kier alpha value is -2.39. The Morgan fingerprint density at radius 1 is 1.00 bits per heavy atom. The van der Waals surface area contributed by atoms with Gasteiger partial charge in [0, 0.05) is 6.54 Å². The molecule has 0 saturated carbocycles. The van der Waals surface area contributed by atoms with Crippen LogP contribution in [0.2, 0.25) is 0 Å². The molecule has 3 nitrogen and oxygen atoms in total. The van der Waals surface area contributed by atoms with Crippen molar-refractivity contribution in [2.24, 2.45) is 0 Å². The second-order valence-electron chi connectivity index (χ2n) is 5.97. The Labute approximate surface area is 142 Å². The summed E-state index contributed by atoms with van der Waals surface area (Å²) in [7, 11) is 0. The number of fused-ring (bicyclic) bond motifs is 2. The molecule has 0 unspecified atom stereocenters. The number of carbonyl (C=O) groups is 1. The van der Waals surface area contributed by atoms with Crippen LogP contribution in [0.15, 0.2) is 54.6 Å². The second kappa shape index (κ2) is 7.93. The molecule has 0 aliphatic carbocycles. The van der Waals surface area contributed by atoms with Gasteiger partial charge >= 0.3 is 5.97 Å². The lowest BCUT2D eigenvalue weighted by Gasteiger charge is -2.12. The van der Waals surface area contributed by atoms with Gasteiger partial charge in [-0.15, -0.1) is 0 Å². The summed E-state index contributed by atoms with van der Waals surface area (Å²) in [6.45, 7) is 3.47. The average Bonchev–Trinajstić information content (AvgIpc) is 2.61. The molecule has 0 aliphatic heterocycles. The molecule has 0 spiro atoms. The first-order chi connectivity index (χ1) is 11.8. The quantitative estimate of drug-likeness (QED) is 0.397. The minimum atomic E-state index is -0.187. The summed E-state index contributed by atoms with van der Waals surface area (Å²) in [5.41, 5.74) is 1.23. The van der Waals surface area contributed by atoms with Gasteiger partial charge in [-0.25, -0.2) is 0 Å². The summed E-state index contributed by atoms with van der Waals surface area (Å²) >= 11 is 0. The predicted octanol–water partition coefficient (Wildman–Crippen LogP) is 4.43. The molecule has 3 heteroatoms. The van der Waals surface area contributed by atoms with Gasteiger partial charge in [0.2, 0.25) is 0 Å². The third kappa shape index (κ3) is 3.74. The van der Waals surface area contributed by atoms with Crippen LogP contribution in [0.1, 0.15) is 25.3 Å². The highest BCUT2D eigenvalue weighted by Gasteiger charge is 2.08. The van der Waals surface area contributed by atoms with E-state index >= 15 is 0 Å². The molecular formula is C21H23NO2. The fourth-order valence-corrected chi connectivity index (χ4v) is 2.97. The standard InChI is InChI=1S/C21H23NO2/c1-2-3-12-24-21(23)15-22-14-20-18-10-6-4-8-16(18)13-17-9-5-7-11-19(17)20/h4-11,13,22H,2-3,12,14-15H2,1H3. The first-order valence-electron chi connectivity index (χ1n) is 8.55. The third-order valence-corrected chi connectivity index (χ3v) is 4.21. The van der Waals surface area contributed by atoms with E-state index in [9.17, 15) is 4.79 Å². The van der Waals surface area contributed by atoms with Crippen LogP contribution < -0.4 is 5.32 Å². The Balaban J connectivity index is 1.78. The fourth-order valence-electron chi connectivity index (χ4n) is 2.97. The van der Waals surface area contributed by atoms with E-state index in [4.69, 9.17) is 4.74 Å². The molecule has 0 fully saturated rings. The zero-order valence-corrected chi connectivity index (χ0v) is 14.0. The molecule has 3 aromatic rings. The van der Waals surface area contributed by atoms with Crippen LogP contribution in [0, 0.1) is 0 Å². The molecule has 0 atom stereocenters. The van der Waals surface area contributed by atoms with Crippen molar-refractivity contribution in [1.82, 2.24) is 5.32 Å². The first kappa shape index (κ1) is 16.5. The zero-order valence-electron chi connectivity index (χ0n) is 14.0. The maximum atomic E-state index is 11.8. The maximum Gasteiger partial charge on any atom is 0.319 e. The number of ether oxygens (including phenoxy) is 1. The van der Waals surface area contributed by atoms with Crippen LogP contribution >= 0.6 is 0 Å². The number of benzene rings is 3. The van der Waals surface area contributed by atoms with E-state index in [0.717, 1.165) is 12.8 Å². The highest BCUT2D eigenvalue weighted by Crippen LogP contribution is 2.28. The van der Waals surface area contributed by atoms with Crippen molar-refractivity contribution in [2.45, 2.75) is 26.3 Å². The van der Waals surface area contributed by atoms with Crippen molar-refractivity contribution in [2.75, 3.05) is 13.2 Å². The lowest BCUT2D eigenvalue weighted by atomic mass is 9.97. The van der Waals surface area contributed by atoms with Crippen molar-refractivity contribution in [1.29, 1.82) is 0 Å². The van der Waals surface area contributed by atoms with Crippen LogP contribution in [-0.4, -0.2) is 19.1 Å². The average molecular weight is 321 g/mol. The number of rotatable bonds is 7. The number of hydrogen-bond acceptors (Lipinski definition) is 3. The van der Waals surface area contributed by atoms with Gasteiger partial charge < -0.3 is 10.1 Å². The molecule has 0 aromatic heterocycles. The molecule has 0 amide bonds. The van der Waals surface area contributed by atoms with Gasteiger partial charge in [0.15, 0.2) is 0 Å².